The highest BCUT2D eigenvalue weighted by molar-refractivity contribution is 6.18. The topological polar surface area (TPSA) is 3.24 Å². The lowest BCUT2D eigenvalue weighted by molar-refractivity contribution is 1.28. The zero-order chi connectivity index (χ0) is 31.7. The van der Waals surface area contributed by atoms with Gasteiger partial charge in [0.2, 0.25) is 0 Å². The third-order valence-electron chi connectivity index (χ3n) is 8.46. The Balaban J connectivity index is 1.27. The molecule has 0 fully saturated rings. The summed E-state index contributed by atoms with van der Waals surface area (Å²) in [7, 11) is 0. The second-order valence-corrected chi connectivity index (χ2v) is 11.2. The van der Waals surface area contributed by atoms with Crippen molar-refractivity contribution in [1.29, 1.82) is 0 Å². The molecule has 0 spiro atoms. The van der Waals surface area contributed by atoms with Crippen LogP contribution in [-0.4, -0.2) is 0 Å². The predicted molar refractivity (Wildman–Crippen MR) is 194 cm³/mol. The fourth-order valence-corrected chi connectivity index (χ4v) is 6.35. The molecule has 0 N–H and O–H groups in total. The molecule has 0 bridgehead atoms. The molecular weight excluding hydrogens is 542 g/mol. The molecule has 1 heteroatoms. The van der Waals surface area contributed by atoms with Gasteiger partial charge in [-0.05, 0) is 97.0 Å². The summed E-state index contributed by atoms with van der Waals surface area (Å²) in [6.45, 7) is 0. The van der Waals surface area contributed by atoms with E-state index in [9.17, 15) is 2.74 Å². The second-order valence-electron chi connectivity index (χ2n) is 11.2. The summed E-state index contributed by atoms with van der Waals surface area (Å²) in [6, 6.07) is 60.6. The van der Waals surface area contributed by atoms with E-state index in [1.807, 2.05) is 72.8 Å². The van der Waals surface area contributed by atoms with E-state index >= 15 is 0 Å². The van der Waals surface area contributed by atoms with Crippen molar-refractivity contribution in [3.63, 3.8) is 0 Å². The molecule has 0 atom stereocenters. The summed E-state index contributed by atoms with van der Waals surface area (Å²) in [6.07, 6.45) is 0. The molecule has 212 valence electrons. The van der Waals surface area contributed by atoms with E-state index in [1.54, 1.807) is 0 Å². The average molecular weight is 576 g/mol. The van der Waals surface area contributed by atoms with Crippen LogP contribution in [0.5, 0.6) is 0 Å². The fraction of sp³-hybridized carbons (Fsp3) is 0. The zero-order valence-corrected chi connectivity index (χ0v) is 24.7. The minimum Gasteiger partial charge on any atom is -0.311 e. The Bertz CT molecular complexity index is 2320. The highest BCUT2D eigenvalue weighted by Gasteiger charge is 2.15. The first-order valence-corrected chi connectivity index (χ1v) is 15.3. The number of fused-ring (bicyclic) bond motifs is 3. The molecule has 8 aromatic rings. The standard InChI is InChI=1S/C44H31N/c1-3-15-36(16-4-1)45(37-17-5-2-6-18-37)38-28-23-32(24-29-38)25-30-41-39-19-9-11-21-42(39)44(43-22-12-10-20-40(41)43)35-27-26-33-13-7-8-14-34(33)31-35/h1-31H/b30-25+/i25D,30D. The van der Waals surface area contributed by atoms with Gasteiger partial charge in [0, 0.05) is 17.1 Å². The SMILES string of the molecule is [2H]/C(=C(/[2H])c1c2ccccc2c(-c2ccc3ccccc3c2)c2ccccc12)c1ccc(N(c2ccccc2)c2ccccc2)cc1. The molecule has 0 saturated carbocycles. The monoisotopic (exact) mass is 575 g/mol. The van der Waals surface area contributed by atoms with Crippen molar-refractivity contribution in [1.82, 2.24) is 0 Å². The quantitative estimate of drug-likeness (QED) is 0.141. The molecule has 45 heavy (non-hydrogen) atoms. The molecular formula is C44H31N. The van der Waals surface area contributed by atoms with Crippen LogP contribution in [-0.2, 0) is 0 Å². The van der Waals surface area contributed by atoms with Gasteiger partial charge in [0.25, 0.3) is 0 Å². The summed E-state index contributed by atoms with van der Waals surface area (Å²) in [4.78, 5) is 2.20. The van der Waals surface area contributed by atoms with Gasteiger partial charge in [0.05, 0.1) is 2.74 Å². The maximum Gasteiger partial charge on any atom is 0.0630 e. The van der Waals surface area contributed by atoms with Crippen LogP contribution in [0.15, 0.2) is 176 Å². The average Bonchev–Trinajstić information content (AvgIpc) is 3.14. The van der Waals surface area contributed by atoms with Crippen LogP contribution >= 0.6 is 0 Å². The Morgan fingerprint density at radius 2 is 0.889 bits per heavy atom. The van der Waals surface area contributed by atoms with E-state index in [-0.39, 0.29) is 12.1 Å². The molecule has 0 radical (unpaired) electrons. The molecule has 0 aromatic heterocycles. The summed E-state index contributed by atoms with van der Waals surface area (Å²) >= 11 is 0. The van der Waals surface area contributed by atoms with Crippen LogP contribution in [0.3, 0.4) is 0 Å². The highest BCUT2D eigenvalue weighted by atomic mass is 15.1. The number of para-hydroxylation sites is 2. The predicted octanol–water partition coefficient (Wildman–Crippen LogP) is 12.5. The maximum atomic E-state index is 9.49. The van der Waals surface area contributed by atoms with Gasteiger partial charge < -0.3 is 4.90 Å². The fourth-order valence-electron chi connectivity index (χ4n) is 6.35. The molecule has 8 aromatic carbocycles. The second kappa shape index (κ2) is 11.6. The van der Waals surface area contributed by atoms with Gasteiger partial charge in [-0.25, -0.2) is 0 Å². The van der Waals surface area contributed by atoms with E-state index in [0.717, 1.165) is 55.3 Å². The van der Waals surface area contributed by atoms with Crippen LogP contribution < -0.4 is 4.90 Å². The summed E-state index contributed by atoms with van der Waals surface area (Å²) in [5.74, 6) is 0. The lowest BCUT2D eigenvalue weighted by Crippen LogP contribution is -2.09. The molecule has 8 rings (SSSR count). The Kier molecular flexibility index (Phi) is 6.34. The smallest absolute Gasteiger partial charge is 0.0630 e. The molecule has 0 amide bonds. The lowest BCUT2D eigenvalue weighted by atomic mass is 9.87. The van der Waals surface area contributed by atoms with Gasteiger partial charge in [0.1, 0.15) is 0 Å². The van der Waals surface area contributed by atoms with Gasteiger partial charge in [-0.15, -0.1) is 0 Å². The third kappa shape index (κ3) is 5.05. The van der Waals surface area contributed by atoms with Crippen molar-refractivity contribution in [3.8, 4) is 11.1 Å². The van der Waals surface area contributed by atoms with E-state index in [0.29, 0.717) is 5.56 Å². The largest absolute Gasteiger partial charge is 0.311 e. The van der Waals surface area contributed by atoms with Crippen LogP contribution in [0.2, 0.25) is 0 Å². The number of hydrogen-bond acceptors (Lipinski definition) is 1. The number of anilines is 3. The number of hydrogen-bond donors (Lipinski definition) is 0. The summed E-state index contributed by atoms with van der Waals surface area (Å²) < 4.78 is 18.8. The minimum atomic E-state index is 0.191. The first kappa shape index (κ1) is 24.5. The van der Waals surface area contributed by atoms with Gasteiger partial charge in [-0.1, -0.05) is 146 Å². The normalized spacial score (nSPS) is 12.5. The molecule has 1 nitrogen and oxygen atoms in total. The molecule has 0 unspecified atom stereocenters. The summed E-state index contributed by atoms with van der Waals surface area (Å²) in [5, 5.41) is 6.49. The third-order valence-corrected chi connectivity index (χ3v) is 8.46. The molecule has 0 aliphatic heterocycles. The molecule has 0 saturated heterocycles. The number of benzene rings is 8. The van der Waals surface area contributed by atoms with Crippen LogP contribution in [0.25, 0.3) is 55.5 Å². The lowest BCUT2D eigenvalue weighted by Gasteiger charge is -2.25. The van der Waals surface area contributed by atoms with Crippen molar-refractivity contribution < 1.29 is 2.74 Å². The van der Waals surface area contributed by atoms with E-state index in [1.165, 1.54) is 10.8 Å². The first-order valence-electron chi connectivity index (χ1n) is 16.3. The number of nitrogens with zero attached hydrogens (tertiary/aromatic N) is 1. The van der Waals surface area contributed by atoms with Crippen LogP contribution in [0.1, 0.15) is 13.9 Å². The van der Waals surface area contributed by atoms with Crippen molar-refractivity contribution in [2.24, 2.45) is 0 Å². The van der Waals surface area contributed by atoms with E-state index in [4.69, 9.17) is 0 Å². The first-order chi connectivity index (χ1) is 23.2. The molecule has 0 heterocycles. The van der Waals surface area contributed by atoms with E-state index < -0.39 is 0 Å². The maximum absolute atomic E-state index is 9.49. The van der Waals surface area contributed by atoms with Crippen molar-refractivity contribution in [2.75, 3.05) is 4.90 Å². The Hall–Kier alpha value is -5.92. The van der Waals surface area contributed by atoms with Crippen molar-refractivity contribution >= 4 is 61.5 Å². The van der Waals surface area contributed by atoms with Crippen LogP contribution in [0, 0.1) is 0 Å². The Morgan fingerprint density at radius 3 is 1.49 bits per heavy atom. The van der Waals surface area contributed by atoms with Gasteiger partial charge in [-0.2, -0.15) is 0 Å². The van der Waals surface area contributed by atoms with E-state index in [2.05, 4.69) is 108 Å². The van der Waals surface area contributed by atoms with Crippen LogP contribution in [0.4, 0.5) is 17.1 Å². The van der Waals surface area contributed by atoms with Crippen molar-refractivity contribution in [3.05, 3.63) is 187 Å². The minimum absolute atomic E-state index is 0.191. The molecule has 0 aliphatic rings. The zero-order valence-electron chi connectivity index (χ0n) is 26.7. The van der Waals surface area contributed by atoms with Gasteiger partial charge in [-0.3, -0.25) is 0 Å². The molecule has 0 aliphatic carbocycles. The number of rotatable bonds is 6. The van der Waals surface area contributed by atoms with Gasteiger partial charge >= 0.3 is 0 Å². The highest BCUT2D eigenvalue weighted by Crippen LogP contribution is 2.41. The summed E-state index contributed by atoms with van der Waals surface area (Å²) in [5.41, 5.74) is 6.87. The Morgan fingerprint density at radius 1 is 0.400 bits per heavy atom. The van der Waals surface area contributed by atoms with Gasteiger partial charge in [0.15, 0.2) is 0 Å². The Labute approximate surface area is 266 Å². The van der Waals surface area contributed by atoms with Crippen molar-refractivity contribution in [2.45, 2.75) is 0 Å².